The Hall–Kier alpha value is -1.87. The third kappa shape index (κ3) is 4.09. The first-order valence-electron chi connectivity index (χ1n) is 9.02. The predicted octanol–water partition coefficient (Wildman–Crippen LogP) is 0.857. The van der Waals surface area contributed by atoms with Crippen LogP contribution in [0.4, 0.5) is 10.6 Å². The van der Waals surface area contributed by atoms with Gasteiger partial charge < -0.3 is 15.1 Å². The normalized spacial score (nSPS) is 23.0. The number of anilines is 1. The van der Waals surface area contributed by atoms with Gasteiger partial charge in [0.15, 0.2) is 0 Å². The fraction of sp³-hybridized carbons (Fsp3) is 0.647. The summed E-state index contributed by atoms with van der Waals surface area (Å²) in [5.41, 5.74) is 0.946. The van der Waals surface area contributed by atoms with E-state index in [4.69, 9.17) is 0 Å². The molecule has 0 saturated carbocycles. The topological polar surface area (TPSA) is 85.8 Å². The van der Waals surface area contributed by atoms with Gasteiger partial charge in [-0.15, -0.1) is 0 Å². The minimum absolute atomic E-state index is 0.0993. The number of piperidine rings is 1. The van der Waals surface area contributed by atoms with Crippen LogP contribution in [0.1, 0.15) is 24.8 Å². The van der Waals surface area contributed by atoms with E-state index in [0.717, 1.165) is 24.2 Å². The zero-order valence-corrected chi connectivity index (χ0v) is 16.2. The Balaban J connectivity index is 1.60. The van der Waals surface area contributed by atoms with Crippen molar-refractivity contribution < 1.29 is 13.2 Å². The molecule has 2 amide bonds. The fourth-order valence-electron chi connectivity index (χ4n) is 3.70. The number of carbonyl (C=O) groups is 1. The molecule has 3 heterocycles. The van der Waals surface area contributed by atoms with Gasteiger partial charge in [0.25, 0.3) is 0 Å². The van der Waals surface area contributed by atoms with Gasteiger partial charge in [-0.25, -0.2) is 18.2 Å². The maximum atomic E-state index is 12.6. The smallest absolute Gasteiger partial charge is 0.317 e. The first kappa shape index (κ1) is 18.9. The summed E-state index contributed by atoms with van der Waals surface area (Å²) in [6.07, 6.45) is 4.04. The number of aromatic nitrogens is 1. The quantitative estimate of drug-likeness (QED) is 0.836. The van der Waals surface area contributed by atoms with Gasteiger partial charge in [0.05, 0.1) is 5.75 Å². The molecular formula is C17H27N5O3S. The van der Waals surface area contributed by atoms with E-state index in [0.29, 0.717) is 32.6 Å². The van der Waals surface area contributed by atoms with Gasteiger partial charge in [-0.2, -0.15) is 4.31 Å². The van der Waals surface area contributed by atoms with Crippen molar-refractivity contribution in [1.29, 1.82) is 0 Å². The molecule has 1 atom stereocenters. The Kier molecular flexibility index (Phi) is 5.67. The van der Waals surface area contributed by atoms with Crippen LogP contribution >= 0.6 is 0 Å². The maximum absolute atomic E-state index is 12.6. The minimum atomic E-state index is -3.15. The summed E-state index contributed by atoms with van der Waals surface area (Å²) >= 11 is 0. The summed E-state index contributed by atoms with van der Waals surface area (Å²) < 4.78 is 25.9. The van der Waals surface area contributed by atoms with E-state index >= 15 is 0 Å². The summed E-state index contributed by atoms with van der Waals surface area (Å²) in [5, 5.41) is 2.95. The van der Waals surface area contributed by atoms with Crippen LogP contribution in [-0.2, 0) is 16.6 Å². The number of hydrogen-bond acceptors (Lipinski definition) is 5. The standard InChI is InChI=1S/C17H27N5O3S/c1-20(2)16-14(6-3-8-18-16)12-19-17(23)21-9-4-7-15(13-21)22-10-5-11-26(22,24)25/h3,6,8,15H,4-5,7,9-13H2,1-2H3,(H,19,23). The Morgan fingerprint density at radius 1 is 1.35 bits per heavy atom. The second kappa shape index (κ2) is 7.79. The molecule has 1 unspecified atom stereocenters. The highest BCUT2D eigenvalue weighted by Gasteiger charge is 2.37. The molecule has 8 nitrogen and oxygen atoms in total. The zero-order valence-electron chi connectivity index (χ0n) is 15.4. The summed E-state index contributed by atoms with van der Waals surface area (Å²) in [6.45, 7) is 2.08. The van der Waals surface area contributed by atoms with Gasteiger partial charge in [-0.3, -0.25) is 0 Å². The molecule has 0 bridgehead atoms. The number of pyridine rings is 1. The molecule has 2 fully saturated rings. The molecule has 9 heteroatoms. The second-order valence-electron chi connectivity index (χ2n) is 7.06. The van der Waals surface area contributed by atoms with Crippen molar-refractivity contribution in [3.8, 4) is 0 Å². The van der Waals surface area contributed by atoms with Gasteiger partial charge in [-0.05, 0) is 25.3 Å². The highest BCUT2D eigenvalue weighted by molar-refractivity contribution is 7.89. The van der Waals surface area contributed by atoms with Crippen molar-refractivity contribution in [3.63, 3.8) is 0 Å². The molecule has 2 aliphatic rings. The van der Waals surface area contributed by atoms with E-state index in [1.54, 1.807) is 15.4 Å². The van der Waals surface area contributed by atoms with Crippen LogP contribution in [0.5, 0.6) is 0 Å². The van der Waals surface area contributed by atoms with Gasteiger partial charge in [0, 0.05) is 58.1 Å². The maximum Gasteiger partial charge on any atom is 0.317 e. The van der Waals surface area contributed by atoms with Crippen molar-refractivity contribution >= 4 is 21.9 Å². The summed E-state index contributed by atoms with van der Waals surface area (Å²) in [6, 6.07) is 3.54. The molecule has 0 aromatic carbocycles. The van der Waals surface area contributed by atoms with E-state index in [-0.39, 0.29) is 17.8 Å². The third-order valence-corrected chi connectivity index (χ3v) is 6.95. The highest BCUT2D eigenvalue weighted by Crippen LogP contribution is 2.24. The van der Waals surface area contributed by atoms with Crippen LogP contribution < -0.4 is 10.2 Å². The monoisotopic (exact) mass is 381 g/mol. The lowest BCUT2D eigenvalue weighted by Gasteiger charge is -2.36. The molecule has 144 valence electrons. The molecule has 0 spiro atoms. The molecule has 1 N–H and O–H groups in total. The molecular weight excluding hydrogens is 354 g/mol. The summed E-state index contributed by atoms with van der Waals surface area (Å²) in [7, 11) is 0.687. The first-order chi connectivity index (χ1) is 12.4. The minimum Gasteiger partial charge on any atom is -0.362 e. The molecule has 26 heavy (non-hydrogen) atoms. The summed E-state index contributed by atoms with van der Waals surface area (Å²) in [4.78, 5) is 20.6. The zero-order chi connectivity index (χ0) is 18.7. The number of hydrogen-bond donors (Lipinski definition) is 1. The lowest BCUT2D eigenvalue weighted by Crippen LogP contribution is -2.52. The Morgan fingerprint density at radius 2 is 2.15 bits per heavy atom. The lowest BCUT2D eigenvalue weighted by molar-refractivity contribution is 0.153. The lowest BCUT2D eigenvalue weighted by atomic mass is 10.1. The number of carbonyl (C=O) groups excluding carboxylic acids is 1. The largest absolute Gasteiger partial charge is 0.362 e. The van der Waals surface area contributed by atoms with Crippen LogP contribution in [0.25, 0.3) is 0 Å². The van der Waals surface area contributed by atoms with Crippen LogP contribution in [-0.4, -0.2) is 74.2 Å². The number of likely N-dealkylation sites (tertiary alicyclic amines) is 1. The van der Waals surface area contributed by atoms with Crippen LogP contribution in [0.15, 0.2) is 18.3 Å². The van der Waals surface area contributed by atoms with Crippen molar-refractivity contribution in [3.05, 3.63) is 23.9 Å². The molecule has 2 saturated heterocycles. The first-order valence-corrected chi connectivity index (χ1v) is 10.6. The van der Waals surface area contributed by atoms with Crippen molar-refractivity contribution in [2.45, 2.75) is 31.8 Å². The van der Waals surface area contributed by atoms with Gasteiger partial charge in [-0.1, -0.05) is 6.07 Å². The average molecular weight is 382 g/mol. The highest BCUT2D eigenvalue weighted by atomic mass is 32.2. The van der Waals surface area contributed by atoms with E-state index in [1.165, 1.54) is 0 Å². The fourth-order valence-corrected chi connectivity index (χ4v) is 5.46. The van der Waals surface area contributed by atoms with Gasteiger partial charge >= 0.3 is 6.03 Å². The van der Waals surface area contributed by atoms with E-state index in [1.807, 2.05) is 31.1 Å². The molecule has 1 aromatic heterocycles. The molecule has 2 aliphatic heterocycles. The average Bonchev–Trinajstić information content (AvgIpc) is 2.99. The molecule has 0 aliphatic carbocycles. The van der Waals surface area contributed by atoms with Crippen LogP contribution in [0.2, 0.25) is 0 Å². The number of sulfonamides is 1. The van der Waals surface area contributed by atoms with Crippen molar-refractivity contribution in [1.82, 2.24) is 19.5 Å². The molecule has 3 rings (SSSR count). The number of nitrogens with zero attached hydrogens (tertiary/aromatic N) is 4. The summed E-state index contributed by atoms with van der Waals surface area (Å²) in [5.74, 6) is 1.05. The van der Waals surface area contributed by atoms with Gasteiger partial charge in [0.2, 0.25) is 10.0 Å². The van der Waals surface area contributed by atoms with Crippen LogP contribution in [0, 0.1) is 0 Å². The van der Waals surface area contributed by atoms with Crippen LogP contribution in [0.3, 0.4) is 0 Å². The third-order valence-electron chi connectivity index (χ3n) is 4.95. The van der Waals surface area contributed by atoms with Crippen molar-refractivity contribution in [2.24, 2.45) is 0 Å². The van der Waals surface area contributed by atoms with Gasteiger partial charge in [0.1, 0.15) is 5.82 Å². The van der Waals surface area contributed by atoms with E-state index in [9.17, 15) is 13.2 Å². The van der Waals surface area contributed by atoms with E-state index < -0.39 is 10.0 Å². The number of amides is 2. The molecule has 0 radical (unpaired) electrons. The SMILES string of the molecule is CN(C)c1ncccc1CNC(=O)N1CCCC(N2CCCS2(=O)=O)C1. The van der Waals surface area contributed by atoms with E-state index in [2.05, 4.69) is 10.3 Å². The molecule has 1 aromatic rings. The Morgan fingerprint density at radius 3 is 2.85 bits per heavy atom. The predicted molar refractivity (Wildman–Crippen MR) is 101 cm³/mol. The number of rotatable bonds is 4. The second-order valence-corrected chi connectivity index (χ2v) is 9.10. The Labute approximate surface area is 155 Å². The number of nitrogens with one attached hydrogen (secondary N) is 1. The number of urea groups is 1. The Bertz CT molecular complexity index is 753. The van der Waals surface area contributed by atoms with Crippen molar-refractivity contribution in [2.75, 3.05) is 44.4 Å².